The minimum absolute atomic E-state index is 0.195. The van der Waals surface area contributed by atoms with Gasteiger partial charge in [0.05, 0.1) is 6.61 Å². The molecule has 5 aliphatic heterocycles. The molecular formula is C27H34O14. The van der Waals surface area contributed by atoms with Gasteiger partial charge in [0, 0.05) is 12.7 Å². The van der Waals surface area contributed by atoms with Gasteiger partial charge in [0.25, 0.3) is 0 Å². The molecule has 1 aromatic carbocycles. The summed E-state index contributed by atoms with van der Waals surface area (Å²) >= 11 is 0. The average molecular weight is 583 g/mol. The Bertz CT molecular complexity index is 1110. The van der Waals surface area contributed by atoms with E-state index in [1.54, 1.807) is 58.0 Å². The SMILES string of the molecule is CC1(C)O[C@H]2O[C@@H]3COC(=O)O[C@@H]3[C@H]2O1.COC[C@H]1O[C@@H]2OC(C)(C)O[C@@H]2[C@H]1OC(=O)OCC(=O)c1ccccc1. The third-order valence-electron chi connectivity index (χ3n) is 6.75. The molecule has 1 aromatic rings. The highest BCUT2D eigenvalue weighted by atomic mass is 16.9. The van der Waals surface area contributed by atoms with Crippen molar-refractivity contribution >= 4 is 18.1 Å². The van der Waals surface area contributed by atoms with Crippen LogP contribution in [0.2, 0.25) is 0 Å². The zero-order chi connectivity index (χ0) is 29.4. The topological polar surface area (TPSA) is 153 Å². The Kier molecular flexibility index (Phi) is 8.53. The molecule has 5 heterocycles. The van der Waals surface area contributed by atoms with E-state index in [-0.39, 0.29) is 31.2 Å². The second-order valence-electron chi connectivity index (χ2n) is 10.8. The van der Waals surface area contributed by atoms with Gasteiger partial charge in [-0.05, 0) is 27.7 Å². The Morgan fingerprint density at radius 2 is 1.56 bits per heavy atom. The van der Waals surface area contributed by atoms with Crippen molar-refractivity contribution in [2.75, 3.05) is 26.9 Å². The number of ether oxygens (including phenoxy) is 11. The molecule has 0 radical (unpaired) electrons. The molecule has 0 bridgehead atoms. The molecule has 0 unspecified atom stereocenters. The Hall–Kier alpha value is -2.85. The van der Waals surface area contributed by atoms with Crippen LogP contribution in [0.1, 0.15) is 38.1 Å². The highest BCUT2D eigenvalue weighted by molar-refractivity contribution is 5.97. The molecule has 0 spiro atoms. The standard InChI is InChI=1S/C18H22O8.C9H12O6/c1-18(2)25-15-14(13(10-21-3)23-16(15)26-18)24-17(20)22-9-12(19)11-7-5-4-6-8-11;1-9(2)14-6-5-4(12-7(6)15-9)3-11-8(10)13-5/h4-8,13-16H,9-10H2,1-3H3;4-7H,3H2,1-2H3/t13-,14+,15-,16-;4-,5+,6-,7-/m11/s1. The molecule has 5 aliphatic rings. The minimum atomic E-state index is -0.974. The van der Waals surface area contributed by atoms with Gasteiger partial charge >= 0.3 is 12.3 Å². The lowest BCUT2D eigenvalue weighted by molar-refractivity contribution is -0.227. The van der Waals surface area contributed by atoms with Crippen LogP contribution < -0.4 is 0 Å². The van der Waals surface area contributed by atoms with Crippen molar-refractivity contribution < 1.29 is 66.5 Å². The number of hydrogen-bond donors (Lipinski definition) is 0. The normalized spacial score (nSPS) is 35.6. The third kappa shape index (κ3) is 6.80. The number of carbonyl (C=O) groups excluding carboxylic acids is 3. The molecular weight excluding hydrogens is 548 g/mol. The first kappa shape index (κ1) is 29.6. The van der Waals surface area contributed by atoms with Crippen molar-refractivity contribution in [3.05, 3.63) is 35.9 Å². The van der Waals surface area contributed by atoms with Crippen LogP contribution in [0.15, 0.2) is 30.3 Å². The first-order chi connectivity index (χ1) is 19.4. The second kappa shape index (κ2) is 11.8. The van der Waals surface area contributed by atoms with Crippen molar-refractivity contribution in [2.24, 2.45) is 0 Å². The summed E-state index contributed by atoms with van der Waals surface area (Å²) in [6, 6.07) is 8.55. The van der Waals surface area contributed by atoms with Gasteiger partial charge in [0.1, 0.15) is 18.8 Å². The maximum atomic E-state index is 12.0. The first-order valence-electron chi connectivity index (χ1n) is 13.2. The van der Waals surface area contributed by atoms with Crippen LogP contribution in [-0.2, 0) is 52.1 Å². The monoisotopic (exact) mass is 582 g/mol. The van der Waals surface area contributed by atoms with Gasteiger partial charge in [-0.15, -0.1) is 0 Å². The van der Waals surface area contributed by atoms with E-state index in [0.717, 1.165) is 0 Å². The predicted molar refractivity (Wildman–Crippen MR) is 132 cm³/mol. The van der Waals surface area contributed by atoms with Crippen LogP contribution in [0.4, 0.5) is 9.59 Å². The number of fused-ring (bicyclic) bond motifs is 4. The second-order valence-corrected chi connectivity index (χ2v) is 10.8. The minimum Gasteiger partial charge on any atom is -0.431 e. The van der Waals surface area contributed by atoms with E-state index in [9.17, 15) is 14.4 Å². The smallest absolute Gasteiger partial charge is 0.431 e. The van der Waals surface area contributed by atoms with E-state index in [1.165, 1.54) is 7.11 Å². The lowest BCUT2D eigenvalue weighted by Crippen LogP contribution is -2.44. The molecule has 41 heavy (non-hydrogen) atoms. The fourth-order valence-corrected chi connectivity index (χ4v) is 5.08. The van der Waals surface area contributed by atoms with E-state index in [0.29, 0.717) is 5.56 Å². The van der Waals surface area contributed by atoms with Gasteiger partial charge in [-0.2, -0.15) is 0 Å². The number of benzene rings is 1. The van der Waals surface area contributed by atoms with Crippen LogP contribution >= 0.6 is 0 Å². The number of Topliss-reactive ketones (excluding diaryl/α,β-unsaturated/α-hetero) is 1. The summed E-state index contributed by atoms with van der Waals surface area (Å²) < 4.78 is 58.8. The Morgan fingerprint density at radius 1 is 0.902 bits per heavy atom. The van der Waals surface area contributed by atoms with E-state index in [2.05, 4.69) is 0 Å². The molecule has 8 atom stereocenters. The van der Waals surface area contributed by atoms with Gasteiger partial charge in [-0.1, -0.05) is 30.3 Å². The molecule has 5 fully saturated rings. The molecule has 0 N–H and O–H groups in total. The fraction of sp³-hybridized carbons (Fsp3) is 0.667. The highest BCUT2D eigenvalue weighted by Gasteiger charge is 2.59. The van der Waals surface area contributed by atoms with Crippen molar-refractivity contribution in [1.29, 1.82) is 0 Å². The highest BCUT2D eigenvalue weighted by Crippen LogP contribution is 2.40. The van der Waals surface area contributed by atoms with E-state index in [1.807, 2.05) is 0 Å². The van der Waals surface area contributed by atoms with Gasteiger partial charge in [0.2, 0.25) is 0 Å². The van der Waals surface area contributed by atoms with Crippen LogP contribution in [0, 0.1) is 0 Å². The first-order valence-corrected chi connectivity index (χ1v) is 13.2. The number of cyclic esters (lactones) is 1. The predicted octanol–water partition coefficient (Wildman–Crippen LogP) is 2.31. The average Bonchev–Trinajstić information content (AvgIpc) is 3.59. The zero-order valence-corrected chi connectivity index (χ0v) is 23.3. The molecule has 5 saturated heterocycles. The number of ketones is 1. The van der Waals surface area contributed by atoms with Gasteiger partial charge in [-0.25, -0.2) is 9.59 Å². The Morgan fingerprint density at radius 3 is 2.24 bits per heavy atom. The molecule has 14 heteroatoms. The largest absolute Gasteiger partial charge is 0.509 e. The summed E-state index contributed by atoms with van der Waals surface area (Å²) in [7, 11) is 1.51. The van der Waals surface area contributed by atoms with Crippen LogP contribution in [-0.4, -0.2) is 106 Å². The molecule has 0 aliphatic carbocycles. The maximum absolute atomic E-state index is 12.0. The summed E-state index contributed by atoms with van der Waals surface area (Å²) in [5.41, 5.74) is 0.455. The van der Waals surface area contributed by atoms with Crippen molar-refractivity contribution in [3.63, 3.8) is 0 Å². The molecule has 14 nitrogen and oxygen atoms in total. The molecule has 6 rings (SSSR count). The maximum Gasteiger partial charge on any atom is 0.509 e. The van der Waals surface area contributed by atoms with Gasteiger partial charge < -0.3 is 52.1 Å². The number of hydrogen-bond acceptors (Lipinski definition) is 14. The third-order valence-corrected chi connectivity index (χ3v) is 6.75. The van der Waals surface area contributed by atoms with Gasteiger partial charge in [0.15, 0.2) is 61.0 Å². The quantitative estimate of drug-likeness (QED) is 0.356. The van der Waals surface area contributed by atoms with Crippen molar-refractivity contribution in [2.45, 2.75) is 88.5 Å². The summed E-state index contributed by atoms with van der Waals surface area (Å²) in [5.74, 6) is -1.86. The summed E-state index contributed by atoms with van der Waals surface area (Å²) in [4.78, 5) is 35.0. The van der Waals surface area contributed by atoms with E-state index in [4.69, 9.17) is 52.1 Å². The summed E-state index contributed by atoms with van der Waals surface area (Å²) in [6.45, 7) is 7.06. The molecule has 0 amide bonds. The van der Waals surface area contributed by atoms with Gasteiger partial charge in [-0.3, -0.25) is 4.79 Å². The van der Waals surface area contributed by atoms with Crippen LogP contribution in [0.5, 0.6) is 0 Å². The van der Waals surface area contributed by atoms with E-state index >= 15 is 0 Å². The number of methoxy groups -OCH3 is 1. The molecule has 0 aromatic heterocycles. The Labute approximate surface area is 236 Å². The van der Waals surface area contributed by atoms with Crippen LogP contribution in [0.25, 0.3) is 0 Å². The lowest BCUT2D eigenvalue weighted by Gasteiger charge is -2.28. The van der Waals surface area contributed by atoms with Crippen LogP contribution in [0.3, 0.4) is 0 Å². The number of rotatable bonds is 6. The molecule has 226 valence electrons. The number of carbonyl (C=O) groups is 3. The Balaban J connectivity index is 0.000000189. The molecule has 0 saturated carbocycles. The fourth-order valence-electron chi connectivity index (χ4n) is 5.08. The van der Waals surface area contributed by atoms with Crippen molar-refractivity contribution in [3.8, 4) is 0 Å². The van der Waals surface area contributed by atoms with E-state index < -0.39 is 67.5 Å². The summed E-state index contributed by atoms with van der Waals surface area (Å²) in [5, 5.41) is 0. The lowest BCUT2D eigenvalue weighted by atomic mass is 10.1. The summed E-state index contributed by atoms with van der Waals surface area (Å²) in [6.07, 6.45) is -5.73. The van der Waals surface area contributed by atoms with Crippen molar-refractivity contribution in [1.82, 2.24) is 0 Å². The zero-order valence-electron chi connectivity index (χ0n) is 23.3.